The van der Waals surface area contributed by atoms with E-state index in [1.54, 1.807) is 13.4 Å². The van der Waals surface area contributed by atoms with Gasteiger partial charge in [-0.25, -0.2) is 4.99 Å². The van der Waals surface area contributed by atoms with E-state index in [0.717, 1.165) is 80.4 Å². The molecule has 0 amide bonds. The molecule has 12 heteroatoms. The maximum absolute atomic E-state index is 7.25. The number of aryl methyl sites for hydroxylation is 1. The number of fused-ring (bicyclic) bond motifs is 1. The SMILES string of the molecule is COc1cc(N2CCOCC2)ccc1NC1=NC(N)(C2CCCCC2)c2c(n[nH]c2-c2nncn2C)N1. The number of aromatic nitrogens is 5. The Balaban J connectivity index is 1.35. The molecule has 0 bridgehead atoms. The van der Waals surface area contributed by atoms with Gasteiger partial charge >= 0.3 is 0 Å². The second-order valence-electron chi connectivity index (χ2n) is 9.94. The van der Waals surface area contributed by atoms with Crippen LogP contribution in [0.2, 0.25) is 0 Å². The zero-order valence-electron chi connectivity index (χ0n) is 21.3. The largest absolute Gasteiger partial charge is 0.494 e. The van der Waals surface area contributed by atoms with E-state index >= 15 is 0 Å². The predicted molar refractivity (Wildman–Crippen MR) is 142 cm³/mol. The quantitative estimate of drug-likeness (QED) is 0.410. The highest BCUT2D eigenvalue weighted by molar-refractivity contribution is 6.06. The number of aliphatic imine (C=N–C) groups is 1. The molecular weight excluding hydrogens is 472 g/mol. The highest BCUT2D eigenvalue weighted by Gasteiger charge is 2.45. The second-order valence-corrected chi connectivity index (χ2v) is 9.94. The van der Waals surface area contributed by atoms with Gasteiger partial charge in [-0.2, -0.15) is 5.10 Å². The minimum Gasteiger partial charge on any atom is -0.494 e. The average molecular weight is 507 g/mol. The Hall–Kier alpha value is -3.64. The minimum absolute atomic E-state index is 0.175. The number of morpholine rings is 1. The Labute approximate surface area is 215 Å². The van der Waals surface area contributed by atoms with Gasteiger partial charge in [0, 0.05) is 37.8 Å². The molecule has 37 heavy (non-hydrogen) atoms. The van der Waals surface area contributed by atoms with Crippen molar-refractivity contribution in [3.05, 3.63) is 30.1 Å². The molecule has 1 saturated carbocycles. The number of anilines is 3. The fourth-order valence-electron chi connectivity index (χ4n) is 5.70. The first-order valence-electron chi connectivity index (χ1n) is 12.9. The van der Waals surface area contributed by atoms with Gasteiger partial charge in [-0.3, -0.25) is 5.10 Å². The molecule has 0 radical (unpaired) electrons. The Morgan fingerprint density at radius 3 is 2.73 bits per heavy atom. The lowest BCUT2D eigenvalue weighted by Crippen LogP contribution is -2.48. The van der Waals surface area contributed by atoms with Crippen LogP contribution in [0.4, 0.5) is 17.2 Å². The van der Waals surface area contributed by atoms with Crippen LogP contribution < -0.4 is 26.0 Å². The van der Waals surface area contributed by atoms with E-state index in [1.807, 2.05) is 23.7 Å². The summed E-state index contributed by atoms with van der Waals surface area (Å²) < 4.78 is 13.1. The van der Waals surface area contributed by atoms with Crippen LogP contribution in [0.3, 0.4) is 0 Å². The van der Waals surface area contributed by atoms with Crippen LogP contribution in [0.25, 0.3) is 11.5 Å². The van der Waals surface area contributed by atoms with Crippen molar-refractivity contribution in [2.45, 2.75) is 37.8 Å². The van der Waals surface area contributed by atoms with E-state index in [1.165, 1.54) is 6.42 Å². The molecule has 5 N–H and O–H groups in total. The number of nitrogens with one attached hydrogen (secondary N) is 3. The lowest BCUT2D eigenvalue weighted by molar-refractivity contribution is 0.122. The topological polar surface area (TPSA) is 144 Å². The van der Waals surface area contributed by atoms with Gasteiger partial charge in [-0.15, -0.1) is 10.2 Å². The summed E-state index contributed by atoms with van der Waals surface area (Å²) in [6.45, 7) is 3.17. The van der Waals surface area contributed by atoms with Crippen molar-refractivity contribution in [3.63, 3.8) is 0 Å². The summed E-state index contributed by atoms with van der Waals surface area (Å²) in [6.07, 6.45) is 7.18. The lowest BCUT2D eigenvalue weighted by atomic mass is 9.76. The Kier molecular flexibility index (Phi) is 6.21. The number of hydrogen-bond donors (Lipinski definition) is 4. The minimum atomic E-state index is -0.974. The van der Waals surface area contributed by atoms with Gasteiger partial charge in [0.15, 0.2) is 11.6 Å². The third-order valence-electron chi connectivity index (χ3n) is 7.68. The molecule has 4 heterocycles. The first-order chi connectivity index (χ1) is 18.1. The fourth-order valence-corrected chi connectivity index (χ4v) is 5.70. The van der Waals surface area contributed by atoms with Crippen molar-refractivity contribution in [3.8, 4) is 17.3 Å². The molecule has 1 saturated heterocycles. The average Bonchev–Trinajstić information content (AvgIpc) is 3.56. The van der Waals surface area contributed by atoms with E-state index in [2.05, 4.69) is 42.0 Å². The third-order valence-corrected chi connectivity index (χ3v) is 7.68. The molecule has 3 aromatic rings. The molecule has 6 rings (SSSR count). The van der Waals surface area contributed by atoms with Crippen LogP contribution in [0.1, 0.15) is 37.7 Å². The molecule has 1 aromatic carbocycles. The van der Waals surface area contributed by atoms with Gasteiger partial charge in [0.05, 0.1) is 31.6 Å². The van der Waals surface area contributed by atoms with Gasteiger partial charge in [0.2, 0.25) is 5.96 Å². The third kappa shape index (κ3) is 4.29. The number of methoxy groups -OCH3 is 1. The molecule has 2 fully saturated rings. The molecule has 0 spiro atoms. The molecular formula is C25H34N10O2. The van der Waals surface area contributed by atoms with Gasteiger partial charge in [0.1, 0.15) is 23.4 Å². The van der Waals surface area contributed by atoms with Crippen LogP contribution >= 0.6 is 0 Å². The monoisotopic (exact) mass is 506 g/mol. The predicted octanol–water partition coefficient (Wildman–Crippen LogP) is 2.64. The summed E-state index contributed by atoms with van der Waals surface area (Å²) in [4.78, 5) is 7.40. The second kappa shape index (κ2) is 9.67. The van der Waals surface area contributed by atoms with Crippen molar-refractivity contribution in [1.29, 1.82) is 0 Å². The van der Waals surface area contributed by atoms with Gasteiger partial charge in [0.25, 0.3) is 0 Å². The molecule has 12 nitrogen and oxygen atoms in total. The number of H-pyrrole nitrogens is 1. The number of rotatable bonds is 5. The van der Waals surface area contributed by atoms with Crippen LogP contribution in [-0.4, -0.2) is 64.3 Å². The number of benzene rings is 1. The molecule has 3 aliphatic rings. The molecule has 2 aliphatic heterocycles. The first kappa shape index (κ1) is 23.7. The van der Waals surface area contributed by atoms with E-state index in [0.29, 0.717) is 17.6 Å². The maximum Gasteiger partial charge on any atom is 0.203 e. The Bertz CT molecular complexity index is 1290. The highest BCUT2D eigenvalue weighted by Crippen LogP contribution is 2.46. The zero-order valence-corrected chi connectivity index (χ0v) is 21.3. The molecule has 1 atom stereocenters. The van der Waals surface area contributed by atoms with Crippen molar-refractivity contribution >= 4 is 23.2 Å². The smallest absolute Gasteiger partial charge is 0.203 e. The highest BCUT2D eigenvalue weighted by atomic mass is 16.5. The zero-order chi connectivity index (χ0) is 25.4. The first-order valence-corrected chi connectivity index (χ1v) is 12.9. The number of aromatic amines is 1. The van der Waals surface area contributed by atoms with Crippen molar-refractivity contribution in [2.75, 3.05) is 48.9 Å². The Morgan fingerprint density at radius 1 is 1.19 bits per heavy atom. The van der Waals surface area contributed by atoms with Crippen molar-refractivity contribution in [2.24, 2.45) is 23.7 Å². The standard InChI is InChI=1S/C25H34N10O2/c1-34-15-27-33-23(34)21-20-22(32-31-21)29-24(30-25(20,26)16-6-4-3-5-7-16)28-18-9-8-17(14-19(18)36-2)35-10-12-37-13-11-35/h8-9,14-16H,3-7,10-13,26H2,1-2H3,(H3,28,29,30,31,32). The summed E-state index contributed by atoms with van der Waals surface area (Å²) >= 11 is 0. The van der Waals surface area contributed by atoms with E-state index in [-0.39, 0.29) is 5.92 Å². The lowest BCUT2D eigenvalue weighted by Gasteiger charge is -2.39. The summed E-state index contributed by atoms with van der Waals surface area (Å²) in [5, 5.41) is 22.9. The number of guanidine groups is 1. The number of ether oxygens (including phenoxy) is 2. The van der Waals surface area contributed by atoms with Crippen molar-refractivity contribution in [1.82, 2.24) is 25.0 Å². The van der Waals surface area contributed by atoms with Gasteiger partial charge in [-0.1, -0.05) is 19.3 Å². The van der Waals surface area contributed by atoms with Crippen LogP contribution in [-0.2, 0) is 17.4 Å². The molecule has 1 unspecified atom stereocenters. The fraction of sp³-hybridized carbons (Fsp3) is 0.520. The summed E-state index contributed by atoms with van der Waals surface area (Å²) in [5.41, 5.74) is 9.74. The van der Waals surface area contributed by atoms with E-state index < -0.39 is 5.66 Å². The molecule has 1 aliphatic carbocycles. The molecule has 196 valence electrons. The van der Waals surface area contributed by atoms with E-state index in [9.17, 15) is 0 Å². The maximum atomic E-state index is 7.25. The summed E-state index contributed by atoms with van der Waals surface area (Å²) in [7, 11) is 3.58. The van der Waals surface area contributed by atoms with Crippen molar-refractivity contribution < 1.29 is 9.47 Å². The van der Waals surface area contributed by atoms with Crippen LogP contribution in [0, 0.1) is 5.92 Å². The van der Waals surface area contributed by atoms with Gasteiger partial charge in [-0.05, 0) is 25.0 Å². The summed E-state index contributed by atoms with van der Waals surface area (Å²) in [5.74, 6) is 2.75. The summed E-state index contributed by atoms with van der Waals surface area (Å²) in [6, 6.07) is 6.14. The van der Waals surface area contributed by atoms with Crippen LogP contribution in [0.15, 0.2) is 29.5 Å². The Morgan fingerprint density at radius 2 is 2.00 bits per heavy atom. The van der Waals surface area contributed by atoms with Gasteiger partial charge < -0.3 is 35.3 Å². The number of nitrogens with zero attached hydrogens (tertiary/aromatic N) is 6. The van der Waals surface area contributed by atoms with Crippen LogP contribution in [0.5, 0.6) is 5.75 Å². The van der Waals surface area contributed by atoms with E-state index in [4.69, 9.17) is 20.2 Å². The number of nitrogens with two attached hydrogens (primary N) is 1. The number of hydrogen-bond acceptors (Lipinski definition) is 10. The molecule has 2 aromatic heterocycles. The normalized spacial score (nSPS) is 22.2.